The van der Waals surface area contributed by atoms with Gasteiger partial charge in [0.2, 0.25) is 0 Å². The molecule has 45 heavy (non-hydrogen) atoms. The van der Waals surface area contributed by atoms with Crippen molar-refractivity contribution in [2.45, 2.75) is 219 Å². The van der Waals surface area contributed by atoms with Crippen molar-refractivity contribution in [1.29, 1.82) is 0 Å². The Kier molecular flexibility index (Phi) is 24.0. The van der Waals surface area contributed by atoms with Gasteiger partial charge >= 0.3 is 11.9 Å². The molecular weight excluding hydrogens is 556 g/mol. The van der Waals surface area contributed by atoms with E-state index in [2.05, 4.69) is 13.8 Å². The fourth-order valence-electron chi connectivity index (χ4n) is 7.42. The SMILES string of the molecule is CCCCCCCCC1CC1CCCCCCCC(=O)OCC(C)OC(=O)CCCCCCCC1CC1CCCCCCCC. The van der Waals surface area contributed by atoms with Crippen molar-refractivity contribution in [1.82, 2.24) is 0 Å². The van der Waals surface area contributed by atoms with Crippen LogP contribution < -0.4 is 0 Å². The molecule has 0 amide bonds. The van der Waals surface area contributed by atoms with E-state index in [1.54, 1.807) is 0 Å². The molecule has 0 aromatic heterocycles. The Hall–Kier alpha value is -1.06. The predicted octanol–water partition coefficient (Wildman–Crippen LogP) is 12.7. The van der Waals surface area contributed by atoms with Crippen molar-refractivity contribution in [3.8, 4) is 0 Å². The lowest BCUT2D eigenvalue weighted by Gasteiger charge is -2.13. The second-order valence-corrected chi connectivity index (χ2v) is 15.2. The first-order valence-electron chi connectivity index (χ1n) is 20.4. The van der Waals surface area contributed by atoms with Crippen LogP contribution in [0.4, 0.5) is 0 Å². The van der Waals surface area contributed by atoms with Crippen LogP contribution >= 0.6 is 0 Å². The molecule has 2 saturated carbocycles. The third-order valence-electron chi connectivity index (χ3n) is 10.7. The second kappa shape index (κ2) is 26.9. The monoisotopic (exact) mass is 633 g/mol. The van der Waals surface area contributed by atoms with E-state index in [4.69, 9.17) is 9.47 Å². The quantitative estimate of drug-likeness (QED) is 0.0533. The molecule has 0 aromatic carbocycles. The van der Waals surface area contributed by atoms with E-state index in [-0.39, 0.29) is 24.6 Å². The summed E-state index contributed by atoms with van der Waals surface area (Å²) in [5.41, 5.74) is 0. The minimum absolute atomic E-state index is 0.158. The van der Waals surface area contributed by atoms with Gasteiger partial charge < -0.3 is 9.47 Å². The van der Waals surface area contributed by atoms with E-state index in [0.717, 1.165) is 49.4 Å². The summed E-state index contributed by atoms with van der Waals surface area (Å²) in [7, 11) is 0. The lowest BCUT2D eigenvalue weighted by atomic mass is 10.0. The maximum atomic E-state index is 12.2. The lowest BCUT2D eigenvalue weighted by molar-refractivity contribution is -0.158. The average Bonchev–Trinajstić information content (AvgIpc) is 3.95. The molecule has 2 aliphatic carbocycles. The van der Waals surface area contributed by atoms with Gasteiger partial charge in [-0.1, -0.05) is 168 Å². The first-order valence-corrected chi connectivity index (χ1v) is 20.4. The molecule has 0 aliphatic heterocycles. The zero-order valence-electron chi connectivity index (χ0n) is 30.4. The van der Waals surface area contributed by atoms with Gasteiger partial charge in [0.05, 0.1) is 0 Å². The fraction of sp³-hybridized carbons (Fsp3) is 0.951. The van der Waals surface area contributed by atoms with Gasteiger partial charge in [-0.25, -0.2) is 0 Å². The number of carbonyl (C=O) groups excluding carboxylic acids is 2. The van der Waals surface area contributed by atoms with Gasteiger partial charge in [-0.05, 0) is 56.3 Å². The molecule has 2 rings (SSSR count). The molecule has 0 saturated heterocycles. The average molecular weight is 633 g/mol. The van der Waals surface area contributed by atoms with Crippen LogP contribution in [0.2, 0.25) is 0 Å². The highest BCUT2D eigenvalue weighted by Gasteiger charge is 2.35. The van der Waals surface area contributed by atoms with E-state index in [1.165, 1.54) is 154 Å². The molecule has 4 heteroatoms. The maximum Gasteiger partial charge on any atom is 0.306 e. The topological polar surface area (TPSA) is 52.6 Å². The molecule has 0 radical (unpaired) electrons. The molecule has 2 aliphatic rings. The van der Waals surface area contributed by atoms with Crippen LogP contribution in [0.15, 0.2) is 0 Å². The van der Waals surface area contributed by atoms with Crippen LogP contribution in [0.1, 0.15) is 213 Å². The van der Waals surface area contributed by atoms with E-state index in [9.17, 15) is 9.59 Å². The Bertz CT molecular complexity index is 720. The Balaban J connectivity index is 1.28. The van der Waals surface area contributed by atoms with Gasteiger partial charge in [0.15, 0.2) is 0 Å². The van der Waals surface area contributed by atoms with Crippen molar-refractivity contribution in [2.24, 2.45) is 23.7 Å². The second-order valence-electron chi connectivity index (χ2n) is 15.2. The molecular formula is C41H76O4. The first kappa shape index (κ1) is 40.1. The molecule has 0 heterocycles. The Labute approximate surface area is 280 Å². The van der Waals surface area contributed by atoms with Crippen LogP contribution in [0, 0.1) is 23.7 Å². The molecule has 4 nitrogen and oxygen atoms in total. The molecule has 0 spiro atoms. The molecule has 0 bridgehead atoms. The summed E-state index contributed by atoms with van der Waals surface area (Å²) >= 11 is 0. The molecule has 0 N–H and O–H groups in total. The highest BCUT2D eigenvalue weighted by atomic mass is 16.6. The van der Waals surface area contributed by atoms with Crippen LogP contribution in [0.5, 0.6) is 0 Å². The van der Waals surface area contributed by atoms with Crippen LogP contribution in [-0.4, -0.2) is 24.6 Å². The summed E-state index contributed by atoms with van der Waals surface area (Å²) < 4.78 is 10.8. The molecule has 2 fully saturated rings. The Morgan fingerprint density at radius 1 is 0.489 bits per heavy atom. The maximum absolute atomic E-state index is 12.2. The highest BCUT2D eigenvalue weighted by molar-refractivity contribution is 5.70. The van der Waals surface area contributed by atoms with Crippen LogP contribution in [-0.2, 0) is 19.1 Å². The Morgan fingerprint density at radius 2 is 0.822 bits per heavy atom. The number of carbonyl (C=O) groups is 2. The minimum Gasteiger partial charge on any atom is -0.462 e. The van der Waals surface area contributed by atoms with Crippen molar-refractivity contribution in [2.75, 3.05) is 6.61 Å². The third kappa shape index (κ3) is 23.0. The van der Waals surface area contributed by atoms with Gasteiger partial charge in [0.1, 0.15) is 12.7 Å². The van der Waals surface area contributed by atoms with Gasteiger partial charge in [0, 0.05) is 12.8 Å². The Morgan fingerprint density at radius 3 is 1.22 bits per heavy atom. The van der Waals surface area contributed by atoms with Crippen molar-refractivity contribution in [3.63, 3.8) is 0 Å². The standard InChI is InChI=1S/C41H76O4/c1-4-6-8-10-14-20-26-36-32-38(36)28-22-16-12-18-24-30-40(42)44-34-35(3)45-41(43)31-25-19-13-17-23-29-39-33-37(39)27-21-15-11-9-7-5-2/h35-39H,4-34H2,1-3H3. The summed E-state index contributed by atoms with van der Waals surface area (Å²) in [5.74, 6) is 3.78. The van der Waals surface area contributed by atoms with Crippen molar-refractivity contribution >= 4 is 11.9 Å². The molecule has 5 atom stereocenters. The molecule has 5 unspecified atom stereocenters. The lowest BCUT2D eigenvalue weighted by Crippen LogP contribution is -2.22. The minimum atomic E-state index is -0.364. The number of esters is 2. The summed E-state index contributed by atoms with van der Waals surface area (Å²) in [5, 5.41) is 0. The van der Waals surface area contributed by atoms with E-state index in [1.807, 2.05) is 6.92 Å². The van der Waals surface area contributed by atoms with E-state index >= 15 is 0 Å². The van der Waals surface area contributed by atoms with Gasteiger partial charge in [-0.15, -0.1) is 0 Å². The third-order valence-corrected chi connectivity index (χ3v) is 10.7. The summed E-state index contributed by atoms with van der Waals surface area (Å²) in [6.07, 6.45) is 38.0. The van der Waals surface area contributed by atoms with Crippen LogP contribution in [0.25, 0.3) is 0 Å². The fourth-order valence-corrected chi connectivity index (χ4v) is 7.42. The number of rotatable bonds is 33. The van der Waals surface area contributed by atoms with Gasteiger partial charge in [-0.2, -0.15) is 0 Å². The van der Waals surface area contributed by atoms with E-state index in [0.29, 0.717) is 12.8 Å². The predicted molar refractivity (Wildman–Crippen MR) is 190 cm³/mol. The van der Waals surface area contributed by atoms with Crippen molar-refractivity contribution in [3.05, 3.63) is 0 Å². The number of hydrogen-bond donors (Lipinski definition) is 0. The smallest absolute Gasteiger partial charge is 0.306 e. The van der Waals surface area contributed by atoms with Crippen LogP contribution in [0.3, 0.4) is 0 Å². The largest absolute Gasteiger partial charge is 0.462 e. The van der Waals surface area contributed by atoms with Gasteiger partial charge in [0.25, 0.3) is 0 Å². The van der Waals surface area contributed by atoms with E-state index < -0.39 is 0 Å². The first-order chi connectivity index (χ1) is 22.0. The number of ether oxygens (including phenoxy) is 2. The summed E-state index contributed by atoms with van der Waals surface area (Å²) in [6.45, 7) is 6.57. The zero-order chi connectivity index (χ0) is 32.4. The van der Waals surface area contributed by atoms with Crippen molar-refractivity contribution < 1.29 is 19.1 Å². The van der Waals surface area contributed by atoms with Gasteiger partial charge in [-0.3, -0.25) is 9.59 Å². The summed E-state index contributed by atoms with van der Waals surface area (Å²) in [4.78, 5) is 24.3. The molecule has 264 valence electrons. The highest BCUT2D eigenvalue weighted by Crippen LogP contribution is 2.46. The normalized spacial score (nSPS) is 21.0. The number of hydrogen-bond acceptors (Lipinski definition) is 4. The zero-order valence-corrected chi connectivity index (χ0v) is 30.4. The number of unbranched alkanes of at least 4 members (excludes halogenated alkanes) is 18. The summed E-state index contributed by atoms with van der Waals surface area (Å²) in [6, 6.07) is 0. The molecule has 0 aromatic rings.